The molecule has 0 aromatic rings. The minimum atomic E-state index is 0. The van der Waals surface area contributed by atoms with Gasteiger partial charge in [0.1, 0.15) is 0 Å². The molecule has 0 aliphatic carbocycles. The zero-order chi connectivity index (χ0) is 15.0. The van der Waals surface area contributed by atoms with Crippen LogP contribution < -0.4 is 10.6 Å². The summed E-state index contributed by atoms with van der Waals surface area (Å²) < 4.78 is 0.202. The molecule has 1 aliphatic rings. The fourth-order valence-electron chi connectivity index (χ4n) is 2.36. The summed E-state index contributed by atoms with van der Waals surface area (Å²) in [6, 6.07) is 0. The Morgan fingerprint density at radius 3 is 2.67 bits per heavy atom. The highest BCUT2D eigenvalue weighted by Crippen LogP contribution is 2.21. The van der Waals surface area contributed by atoms with Crippen LogP contribution in [-0.2, 0) is 0 Å². The quantitative estimate of drug-likeness (QED) is 0.388. The van der Waals surface area contributed by atoms with E-state index in [-0.39, 0.29) is 28.7 Å². The summed E-state index contributed by atoms with van der Waals surface area (Å²) in [7, 11) is 2.21. The Labute approximate surface area is 152 Å². The maximum absolute atomic E-state index is 4.72. The van der Waals surface area contributed by atoms with E-state index in [2.05, 4.69) is 49.6 Å². The van der Waals surface area contributed by atoms with E-state index in [4.69, 9.17) is 4.99 Å². The Balaban J connectivity index is 0.00000400. The van der Waals surface area contributed by atoms with Crippen LogP contribution in [0.5, 0.6) is 0 Å². The van der Waals surface area contributed by atoms with Crippen molar-refractivity contribution in [2.75, 3.05) is 46.0 Å². The molecule has 0 bridgehead atoms. The van der Waals surface area contributed by atoms with Gasteiger partial charge in [0.25, 0.3) is 0 Å². The molecule has 0 spiro atoms. The summed E-state index contributed by atoms with van der Waals surface area (Å²) in [4.78, 5) is 7.15. The van der Waals surface area contributed by atoms with E-state index in [1.807, 2.05) is 11.8 Å². The number of hydrogen-bond acceptors (Lipinski definition) is 3. The van der Waals surface area contributed by atoms with Crippen LogP contribution >= 0.6 is 35.7 Å². The molecule has 1 unspecified atom stereocenters. The highest BCUT2D eigenvalue weighted by Gasteiger charge is 2.18. The molecule has 1 fully saturated rings. The summed E-state index contributed by atoms with van der Waals surface area (Å²) in [6.07, 6.45) is 4.79. The summed E-state index contributed by atoms with van der Waals surface area (Å²) in [5, 5.41) is 6.86. The first-order chi connectivity index (χ1) is 9.46. The lowest BCUT2D eigenvalue weighted by molar-refractivity contribution is 0.210. The molecule has 126 valence electrons. The van der Waals surface area contributed by atoms with Crippen molar-refractivity contribution in [1.29, 1.82) is 0 Å². The van der Waals surface area contributed by atoms with Gasteiger partial charge in [-0.05, 0) is 59.4 Å². The number of nitrogens with zero attached hydrogens (tertiary/aromatic N) is 2. The maximum Gasteiger partial charge on any atom is 0.191 e. The molecule has 1 aliphatic heterocycles. The minimum Gasteiger partial charge on any atom is -0.357 e. The average molecular weight is 428 g/mol. The minimum absolute atomic E-state index is 0. The van der Waals surface area contributed by atoms with E-state index < -0.39 is 0 Å². The number of nitrogens with one attached hydrogen (secondary N) is 2. The Morgan fingerprint density at radius 1 is 1.38 bits per heavy atom. The molecule has 1 rings (SSSR count). The van der Waals surface area contributed by atoms with Crippen LogP contribution in [0.25, 0.3) is 0 Å². The monoisotopic (exact) mass is 428 g/mol. The van der Waals surface area contributed by atoms with Gasteiger partial charge in [-0.2, -0.15) is 11.8 Å². The van der Waals surface area contributed by atoms with Gasteiger partial charge in [-0.25, -0.2) is 0 Å². The van der Waals surface area contributed by atoms with Gasteiger partial charge in [-0.15, -0.1) is 24.0 Å². The Hall–Kier alpha value is 0.310. The smallest absolute Gasteiger partial charge is 0.191 e. The first-order valence-electron chi connectivity index (χ1n) is 7.72. The molecule has 4 nitrogen and oxygen atoms in total. The van der Waals surface area contributed by atoms with E-state index in [0.717, 1.165) is 31.5 Å². The van der Waals surface area contributed by atoms with Gasteiger partial charge in [0, 0.05) is 24.4 Å². The van der Waals surface area contributed by atoms with E-state index in [1.54, 1.807) is 0 Å². The number of halogens is 1. The topological polar surface area (TPSA) is 39.7 Å². The largest absolute Gasteiger partial charge is 0.357 e. The lowest BCUT2D eigenvalue weighted by Crippen LogP contribution is -2.44. The van der Waals surface area contributed by atoms with Crippen molar-refractivity contribution in [3.63, 3.8) is 0 Å². The predicted molar refractivity (Wildman–Crippen MR) is 107 cm³/mol. The Morgan fingerprint density at radius 2 is 2.10 bits per heavy atom. The van der Waals surface area contributed by atoms with Crippen LogP contribution in [0.1, 0.15) is 33.6 Å². The number of guanidine groups is 1. The molecule has 0 saturated carbocycles. The van der Waals surface area contributed by atoms with Gasteiger partial charge >= 0.3 is 0 Å². The number of rotatable bonds is 6. The third-order valence-electron chi connectivity index (χ3n) is 3.80. The van der Waals surface area contributed by atoms with Crippen LogP contribution in [-0.4, -0.2) is 61.6 Å². The number of piperidine rings is 1. The van der Waals surface area contributed by atoms with Crippen LogP contribution in [0, 0.1) is 5.92 Å². The van der Waals surface area contributed by atoms with Crippen molar-refractivity contribution in [2.45, 2.75) is 38.4 Å². The lowest BCUT2D eigenvalue weighted by atomic mass is 9.99. The molecular formula is C15H33IN4S. The second-order valence-electron chi connectivity index (χ2n) is 6.31. The van der Waals surface area contributed by atoms with Crippen LogP contribution in [0.2, 0.25) is 0 Å². The van der Waals surface area contributed by atoms with Crippen LogP contribution in [0.4, 0.5) is 0 Å². The van der Waals surface area contributed by atoms with Gasteiger partial charge in [-0.3, -0.25) is 4.99 Å². The zero-order valence-corrected chi connectivity index (χ0v) is 17.4. The molecule has 1 heterocycles. The number of likely N-dealkylation sites (tertiary alicyclic amines) is 1. The second kappa shape index (κ2) is 10.9. The van der Waals surface area contributed by atoms with E-state index >= 15 is 0 Å². The molecule has 0 aromatic heterocycles. The number of thioether (sulfide) groups is 1. The molecule has 0 radical (unpaired) electrons. The molecule has 0 aromatic carbocycles. The van der Waals surface area contributed by atoms with Gasteiger partial charge in [-0.1, -0.05) is 0 Å². The normalized spacial score (nSPS) is 20.8. The molecular weight excluding hydrogens is 395 g/mol. The van der Waals surface area contributed by atoms with E-state index in [1.165, 1.54) is 25.9 Å². The highest BCUT2D eigenvalue weighted by molar-refractivity contribution is 14.0. The van der Waals surface area contributed by atoms with Crippen molar-refractivity contribution in [1.82, 2.24) is 15.5 Å². The van der Waals surface area contributed by atoms with Gasteiger partial charge in [0.2, 0.25) is 0 Å². The van der Waals surface area contributed by atoms with E-state index in [9.17, 15) is 0 Å². The summed E-state index contributed by atoms with van der Waals surface area (Å²) in [5.41, 5.74) is 0. The van der Waals surface area contributed by atoms with Crippen molar-refractivity contribution in [2.24, 2.45) is 10.9 Å². The van der Waals surface area contributed by atoms with Crippen molar-refractivity contribution in [3.8, 4) is 0 Å². The Kier molecular flexibility index (Phi) is 11.1. The Bertz CT molecular complexity index is 310. The first-order valence-corrected chi connectivity index (χ1v) is 8.95. The zero-order valence-electron chi connectivity index (χ0n) is 14.2. The predicted octanol–water partition coefficient (Wildman–Crippen LogP) is 2.64. The molecule has 1 atom stereocenters. The number of hydrogen-bond donors (Lipinski definition) is 2. The van der Waals surface area contributed by atoms with E-state index in [0.29, 0.717) is 0 Å². The molecule has 6 heteroatoms. The molecule has 21 heavy (non-hydrogen) atoms. The first kappa shape index (κ1) is 21.3. The second-order valence-corrected chi connectivity index (χ2v) is 7.82. The maximum atomic E-state index is 4.72. The molecule has 1 saturated heterocycles. The summed E-state index contributed by atoms with van der Waals surface area (Å²) in [6.45, 7) is 11.8. The molecule has 2 N–H and O–H groups in total. The highest BCUT2D eigenvalue weighted by atomic mass is 127. The van der Waals surface area contributed by atoms with Gasteiger partial charge in [0.15, 0.2) is 5.96 Å². The van der Waals surface area contributed by atoms with Gasteiger partial charge in [0.05, 0.1) is 6.54 Å². The summed E-state index contributed by atoms with van der Waals surface area (Å²) in [5.74, 6) is 1.70. The molecule has 0 amide bonds. The third-order valence-corrected chi connectivity index (χ3v) is 5.03. The standard InChI is InChI=1S/C15H32N4S.HI/c1-6-16-14(18-12-15(2,3)20-5)17-10-13-8-7-9-19(4)11-13;/h13H,6-12H2,1-5H3,(H2,16,17,18);1H. The van der Waals surface area contributed by atoms with Crippen molar-refractivity contribution < 1.29 is 0 Å². The van der Waals surface area contributed by atoms with Crippen LogP contribution in [0.3, 0.4) is 0 Å². The third kappa shape index (κ3) is 9.13. The van der Waals surface area contributed by atoms with Crippen molar-refractivity contribution in [3.05, 3.63) is 0 Å². The average Bonchev–Trinajstić information content (AvgIpc) is 2.42. The van der Waals surface area contributed by atoms with Crippen molar-refractivity contribution >= 4 is 41.7 Å². The fourth-order valence-corrected chi connectivity index (χ4v) is 2.55. The van der Waals surface area contributed by atoms with Crippen LogP contribution in [0.15, 0.2) is 4.99 Å². The number of aliphatic imine (C=N–C) groups is 1. The SMILES string of the molecule is CCNC(=NCC(C)(C)SC)NCC1CCCN(C)C1.I. The fraction of sp³-hybridized carbons (Fsp3) is 0.933. The lowest BCUT2D eigenvalue weighted by Gasteiger charge is -2.30. The summed E-state index contributed by atoms with van der Waals surface area (Å²) >= 11 is 1.86. The van der Waals surface area contributed by atoms with Gasteiger partial charge < -0.3 is 15.5 Å².